The molecule has 0 unspecified atom stereocenters. The van der Waals surface area contributed by atoms with Crippen molar-refractivity contribution in [1.29, 1.82) is 0 Å². The highest BCUT2D eigenvalue weighted by Gasteiger charge is 2.51. The number of piperazine rings is 1. The third kappa shape index (κ3) is 5.32. The molecule has 0 aromatic heterocycles. The normalized spacial score (nSPS) is 15.6. The molecule has 1 amide bonds. The molecule has 170 valence electrons. The van der Waals surface area contributed by atoms with Crippen molar-refractivity contribution in [3.63, 3.8) is 0 Å². The topological polar surface area (TPSA) is 88.2 Å². The number of hydrogen-bond donors (Lipinski definition) is 1. The Bertz CT molecular complexity index is 846. The van der Waals surface area contributed by atoms with Crippen molar-refractivity contribution in [2.24, 2.45) is 0 Å². The number of carbonyl (C=O) groups excluding carboxylic acids is 1. The van der Waals surface area contributed by atoms with Gasteiger partial charge < -0.3 is 19.3 Å². The Labute approximate surface area is 171 Å². The monoisotopic (exact) mass is 457 g/mol. The summed E-state index contributed by atoms with van der Waals surface area (Å²) in [6, 6.07) is 4.16. The van der Waals surface area contributed by atoms with Crippen molar-refractivity contribution < 1.29 is 40.2 Å². The highest BCUT2D eigenvalue weighted by molar-refractivity contribution is 7.89. The van der Waals surface area contributed by atoms with Gasteiger partial charge in [-0.15, -0.1) is 0 Å². The molecule has 1 fully saturated rings. The molecule has 1 aromatic rings. The van der Waals surface area contributed by atoms with Crippen LogP contribution in [0.3, 0.4) is 0 Å². The lowest BCUT2D eigenvalue weighted by Gasteiger charge is -2.37. The van der Waals surface area contributed by atoms with Crippen LogP contribution in [0.25, 0.3) is 0 Å². The molecule has 1 aliphatic rings. The first-order valence-corrected chi connectivity index (χ1v) is 10.4. The number of methoxy groups -OCH3 is 2. The number of rotatable bonds is 9. The summed E-state index contributed by atoms with van der Waals surface area (Å²) >= 11 is 0. The Hall–Kier alpha value is -2.12. The lowest BCUT2D eigenvalue weighted by Crippen LogP contribution is -2.55. The number of amides is 1. The number of ether oxygens (including phenoxy) is 2. The molecule has 1 N–H and O–H groups in total. The van der Waals surface area contributed by atoms with E-state index in [0.717, 1.165) is 0 Å². The molecule has 13 heteroatoms. The fraction of sp³-hybridized carbons (Fsp3) is 0.588. The highest BCUT2D eigenvalue weighted by Crippen LogP contribution is 2.32. The molecule has 0 aliphatic carbocycles. The Morgan fingerprint density at radius 3 is 2.37 bits per heavy atom. The van der Waals surface area contributed by atoms with E-state index >= 15 is 0 Å². The smallest absolute Gasteiger partial charge is 0.383 e. The van der Waals surface area contributed by atoms with Crippen LogP contribution in [0.15, 0.2) is 23.1 Å². The lowest BCUT2D eigenvalue weighted by atomic mass is 10.2. The summed E-state index contributed by atoms with van der Waals surface area (Å²) in [5.41, 5.74) is 0.375. The Morgan fingerprint density at radius 1 is 1.20 bits per heavy atom. The average Bonchev–Trinajstić information content (AvgIpc) is 2.72. The van der Waals surface area contributed by atoms with Crippen LogP contribution in [0.2, 0.25) is 0 Å². The number of sulfonamides is 1. The summed E-state index contributed by atoms with van der Waals surface area (Å²) in [5, 5.41) is 0. The van der Waals surface area contributed by atoms with Gasteiger partial charge in [0.25, 0.3) is 5.91 Å². The Balaban J connectivity index is 2.17. The van der Waals surface area contributed by atoms with E-state index in [1.165, 1.54) is 32.4 Å². The summed E-state index contributed by atoms with van der Waals surface area (Å²) in [4.78, 5) is 14.0. The van der Waals surface area contributed by atoms with Gasteiger partial charge in [0.05, 0.1) is 24.3 Å². The molecular formula is C17H23F4N3O5S. The molecule has 1 aromatic carbocycles. The van der Waals surface area contributed by atoms with Gasteiger partial charge in [-0.1, -0.05) is 0 Å². The second kappa shape index (κ2) is 9.79. The third-order valence-corrected chi connectivity index (χ3v) is 5.98. The molecular weight excluding hydrogens is 434 g/mol. The standard InChI is InChI=1S/C17H23F4N3O5S/c1-28-10-5-22-30(26,27)12-3-4-14(29-2)13(11-12)23-6-8-24(9-7-23)16(25)17(20,21)15(18)19/h3-4,11,15,22H,5-10H2,1-2H3. The summed E-state index contributed by atoms with van der Waals surface area (Å²) in [7, 11) is -1.02. The molecule has 8 nitrogen and oxygen atoms in total. The Morgan fingerprint density at radius 2 is 1.83 bits per heavy atom. The first-order chi connectivity index (χ1) is 14.0. The molecule has 2 rings (SSSR count). The number of benzene rings is 1. The molecule has 1 aliphatic heterocycles. The van der Waals surface area contributed by atoms with E-state index < -0.39 is 28.3 Å². The van der Waals surface area contributed by atoms with E-state index in [0.29, 0.717) is 16.3 Å². The van der Waals surface area contributed by atoms with E-state index in [1.807, 2.05) is 0 Å². The van der Waals surface area contributed by atoms with Crippen molar-refractivity contribution in [1.82, 2.24) is 9.62 Å². The van der Waals surface area contributed by atoms with Crippen LogP contribution in [-0.4, -0.2) is 85.1 Å². The van der Waals surface area contributed by atoms with Gasteiger partial charge in [-0.2, -0.15) is 8.78 Å². The summed E-state index contributed by atoms with van der Waals surface area (Å²) in [6.45, 7) is -0.147. The van der Waals surface area contributed by atoms with Crippen LogP contribution in [0, 0.1) is 0 Å². The Kier molecular flexibility index (Phi) is 7.88. The second-order valence-corrected chi connectivity index (χ2v) is 8.19. The van der Waals surface area contributed by atoms with E-state index in [9.17, 15) is 30.8 Å². The molecule has 0 bridgehead atoms. The van der Waals surface area contributed by atoms with Gasteiger partial charge in [0.15, 0.2) is 0 Å². The van der Waals surface area contributed by atoms with Gasteiger partial charge in [0.2, 0.25) is 10.0 Å². The number of hydrogen-bond acceptors (Lipinski definition) is 6. The van der Waals surface area contributed by atoms with E-state index in [2.05, 4.69) is 4.72 Å². The maximum atomic E-state index is 13.3. The molecule has 0 atom stereocenters. The minimum atomic E-state index is -4.75. The van der Waals surface area contributed by atoms with E-state index in [-0.39, 0.29) is 44.2 Å². The van der Waals surface area contributed by atoms with E-state index in [1.54, 1.807) is 4.90 Å². The maximum absolute atomic E-state index is 13.3. The van der Waals surface area contributed by atoms with Crippen LogP contribution in [0.4, 0.5) is 23.2 Å². The fourth-order valence-electron chi connectivity index (χ4n) is 2.90. The van der Waals surface area contributed by atoms with Crippen molar-refractivity contribution in [3.05, 3.63) is 18.2 Å². The predicted octanol–water partition coefficient (Wildman–Crippen LogP) is 1.17. The molecule has 0 spiro atoms. The van der Waals surface area contributed by atoms with Crippen LogP contribution >= 0.6 is 0 Å². The highest BCUT2D eigenvalue weighted by atomic mass is 32.2. The molecule has 1 heterocycles. The number of halogens is 4. The third-order valence-electron chi connectivity index (χ3n) is 4.53. The number of carbonyl (C=O) groups is 1. The largest absolute Gasteiger partial charge is 0.495 e. The molecule has 1 saturated heterocycles. The van der Waals surface area contributed by atoms with Gasteiger partial charge in [-0.25, -0.2) is 21.9 Å². The summed E-state index contributed by atoms with van der Waals surface area (Å²) in [6.07, 6.45) is -4.09. The van der Waals surface area contributed by atoms with Crippen LogP contribution in [-0.2, 0) is 19.6 Å². The number of nitrogens with one attached hydrogen (secondary N) is 1. The first kappa shape index (κ1) is 24.2. The zero-order valence-electron chi connectivity index (χ0n) is 16.4. The van der Waals surface area contributed by atoms with Crippen molar-refractivity contribution in [2.45, 2.75) is 17.2 Å². The lowest BCUT2D eigenvalue weighted by molar-refractivity contribution is -0.180. The quantitative estimate of drug-likeness (QED) is 0.443. The first-order valence-electron chi connectivity index (χ1n) is 8.91. The van der Waals surface area contributed by atoms with Crippen LogP contribution < -0.4 is 14.4 Å². The predicted molar refractivity (Wildman–Crippen MR) is 99.8 cm³/mol. The van der Waals surface area contributed by atoms with Gasteiger partial charge in [-0.3, -0.25) is 4.79 Å². The van der Waals surface area contributed by atoms with Gasteiger partial charge in [0, 0.05) is 39.8 Å². The SMILES string of the molecule is COCCNS(=O)(=O)c1ccc(OC)c(N2CCN(C(=O)C(F)(F)C(F)F)CC2)c1. The summed E-state index contributed by atoms with van der Waals surface area (Å²) < 4.78 is 88.8. The van der Waals surface area contributed by atoms with E-state index in [4.69, 9.17) is 9.47 Å². The van der Waals surface area contributed by atoms with Gasteiger partial charge >= 0.3 is 12.3 Å². The molecule has 0 radical (unpaired) electrons. The second-order valence-electron chi connectivity index (χ2n) is 6.43. The minimum absolute atomic E-state index is 0.0298. The summed E-state index contributed by atoms with van der Waals surface area (Å²) in [5.74, 6) is -6.34. The molecule has 0 saturated carbocycles. The number of nitrogens with zero attached hydrogens (tertiary/aromatic N) is 2. The van der Waals surface area contributed by atoms with Gasteiger partial charge in [-0.05, 0) is 18.2 Å². The zero-order valence-corrected chi connectivity index (χ0v) is 17.2. The minimum Gasteiger partial charge on any atom is -0.495 e. The number of alkyl halides is 4. The maximum Gasteiger partial charge on any atom is 0.383 e. The van der Waals surface area contributed by atoms with Gasteiger partial charge in [0.1, 0.15) is 5.75 Å². The number of anilines is 1. The van der Waals surface area contributed by atoms with Crippen LogP contribution in [0.1, 0.15) is 0 Å². The molecule has 30 heavy (non-hydrogen) atoms. The fourth-order valence-corrected chi connectivity index (χ4v) is 3.93. The van der Waals surface area contributed by atoms with Crippen molar-refractivity contribution in [3.8, 4) is 5.75 Å². The van der Waals surface area contributed by atoms with Crippen molar-refractivity contribution >= 4 is 21.6 Å². The van der Waals surface area contributed by atoms with Crippen molar-refractivity contribution in [2.75, 3.05) is 58.5 Å². The zero-order chi connectivity index (χ0) is 22.5. The van der Waals surface area contributed by atoms with Crippen LogP contribution in [0.5, 0.6) is 5.75 Å². The average molecular weight is 457 g/mol.